The predicted molar refractivity (Wildman–Crippen MR) is 108 cm³/mol. The van der Waals surface area contributed by atoms with E-state index < -0.39 is 0 Å². The Bertz CT molecular complexity index is 1010. The molecule has 4 rings (SSSR count). The van der Waals surface area contributed by atoms with Crippen LogP contribution in [0.3, 0.4) is 0 Å². The number of thiazole rings is 1. The molecule has 4 heterocycles. The van der Waals surface area contributed by atoms with Gasteiger partial charge in [-0.05, 0) is 31.4 Å². The largest absolute Gasteiger partial charge is 0.370 e. The standard InChI is InChI=1S/C18H19N9S/c1-20-15-17(28-18(23-15)26-9-5-2-6-10-26)25-24-16-13(11-19)12-22-27(16)14-7-3-4-8-21-14/h3-4,7-8,12,20H,2,5-6,9-10H2,1H3/b25-24+. The molecule has 0 bridgehead atoms. The van der Waals surface area contributed by atoms with E-state index in [1.165, 1.54) is 41.5 Å². The van der Waals surface area contributed by atoms with Gasteiger partial charge in [0.05, 0.1) is 6.20 Å². The lowest BCUT2D eigenvalue weighted by atomic mass is 10.1. The molecule has 9 nitrogen and oxygen atoms in total. The number of hydrogen-bond acceptors (Lipinski definition) is 9. The highest BCUT2D eigenvalue weighted by molar-refractivity contribution is 7.19. The van der Waals surface area contributed by atoms with Crippen molar-refractivity contribution in [2.75, 3.05) is 30.4 Å². The van der Waals surface area contributed by atoms with Crippen LogP contribution >= 0.6 is 11.3 Å². The van der Waals surface area contributed by atoms with Crippen LogP contribution in [0.4, 0.5) is 21.8 Å². The number of pyridine rings is 1. The van der Waals surface area contributed by atoms with E-state index in [9.17, 15) is 5.26 Å². The maximum atomic E-state index is 9.40. The van der Waals surface area contributed by atoms with Gasteiger partial charge in [-0.15, -0.1) is 10.2 Å². The minimum atomic E-state index is 0.334. The Morgan fingerprint density at radius 1 is 1.21 bits per heavy atom. The number of nitriles is 1. The van der Waals surface area contributed by atoms with E-state index in [1.807, 2.05) is 19.2 Å². The molecule has 0 amide bonds. The van der Waals surface area contributed by atoms with Crippen LogP contribution in [-0.2, 0) is 0 Å². The van der Waals surface area contributed by atoms with Crippen LogP contribution < -0.4 is 10.2 Å². The fraction of sp³-hybridized carbons (Fsp3) is 0.333. The summed E-state index contributed by atoms with van der Waals surface area (Å²) in [6.45, 7) is 2.02. The molecule has 0 spiro atoms. The zero-order valence-corrected chi connectivity index (χ0v) is 16.2. The second-order valence-electron chi connectivity index (χ2n) is 6.24. The second kappa shape index (κ2) is 8.14. The molecule has 142 valence electrons. The zero-order chi connectivity index (χ0) is 19.3. The number of anilines is 2. The van der Waals surface area contributed by atoms with Gasteiger partial charge in [-0.1, -0.05) is 17.4 Å². The van der Waals surface area contributed by atoms with Crippen molar-refractivity contribution in [3.63, 3.8) is 0 Å². The monoisotopic (exact) mass is 393 g/mol. The number of nitrogens with zero attached hydrogens (tertiary/aromatic N) is 8. The summed E-state index contributed by atoms with van der Waals surface area (Å²) in [4.78, 5) is 11.2. The van der Waals surface area contributed by atoms with Gasteiger partial charge in [-0.3, -0.25) is 0 Å². The summed E-state index contributed by atoms with van der Waals surface area (Å²) < 4.78 is 1.51. The maximum Gasteiger partial charge on any atom is 0.197 e. The summed E-state index contributed by atoms with van der Waals surface area (Å²) in [7, 11) is 1.81. The quantitative estimate of drug-likeness (QED) is 0.655. The number of nitrogens with one attached hydrogen (secondary N) is 1. The Morgan fingerprint density at radius 2 is 2.07 bits per heavy atom. The number of hydrogen-bond donors (Lipinski definition) is 1. The van der Waals surface area contributed by atoms with E-state index in [4.69, 9.17) is 0 Å². The molecule has 0 unspecified atom stereocenters. The summed E-state index contributed by atoms with van der Waals surface area (Å²) in [6, 6.07) is 7.57. The molecule has 1 fully saturated rings. The van der Waals surface area contributed by atoms with Gasteiger partial charge in [0, 0.05) is 26.3 Å². The van der Waals surface area contributed by atoms with Gasteiger partial charge in [-0.2, -0.15) is 15.0 Å². The van der Waals surface area contributed by atoms with E-state index in [-0.39, 0.29) is 0 Å². The van der Waals surface area contributed by atoms with Crippen molar-refractivity contribution >= 4 is 33.1 Å². The first-order chi connectivity index (χ1) is 13.8. The van der Waals surface area contributed by atoms with Crippen molar-refractivity contribution in [3.8, 4) is 11.9 Å². The summed E-state index contributed by atoms with van der Waals surface area (Å²) in [5.41, 5.74) is 0.334. The van der Waals surface area contributed by atoms with Gasteiger partial charge in [0.15, 0.2) is 27.6 Å². The van der Waals surface area contributed by atoms with Crippen molar-refractivity contribution in [2.45, 2.75) is 19.3 Å². The number of azo groups is 1. The Hall–Kier alpha value is -3.32. The summed E-state index contributed by atoms with van der Waals surface area (Å²) in [5, 5.41) is 27.0. The third-order valence-electron chi connectivity index (χ3n) is 4.43. The molecule has 1 N–H and O–H groups in total. The van der Waals surface area contributed by atoms with E-state index in [0.29, 0.717) is 28.0 Å². The minimum absolute atomic E-state index is 0.334. The zero-order valence-electron chi connectivity index (χ0n) is 15.4. The highest BCUT2D eigenvalue weighted by atomic mass is 32.1. The smallest absolute Gasteiger partial charge is 0.197 e. The molecular formula is C18H19N9S. The van der Waals surface area contributed by atoms with Crippen LogP contribution in [0.5, 0.6) is 0 Å². The van der Waals surface area contributed by atoms with E-state index in [1.54, 1.807) is 12.3 Å². The second-order valence-corrected chi connectivity index (χ2v) is 7.20. The average molecular weight is 393 g/mol. The number of aromatic nitrogens is 4. The van der Waals surface area contributed by atoms with E-state index in [2.05, 4.69) is 41.6 Å². The Labute approximate surface area is 166 Å². The van der Waals surface area contributed by atoms with Gasteiger partial charge in [0.1, 0.15) is 11.6 Å². The third kappa shape index (κ3) is 3.57. The van der Waals surface area contributed by atoms with Crippen molar-refractivity contribution in [2.24, 2.45) is 10.2 Å². The summed E-state index contributed by atoms with van der Waals surface area (Å²) in [6.07, 6.45) is 6.76. The molecule has 1 saturated heterocycles. The molecule has 3 aromatic rings. The van der Waals surface area contributed by atoms with Crippen LogP contribution in [0.1, 0.15) is 24.8 Å². The topological polar surface area (TPSA) is 107 Å². The Kier molecular flexibility index (Phi) is 5.25. The van der Waals surface area contributed by atoms with Crippen LogP contribution in [0, 0.1) is 11.3 Å². The van der Waals surface area contributed by atoms with Crippen molar-refractivity contribution < 1.29 is 0 Å². The number of rotatable bonds is 5. The molecule has 0 aliphatic carbocycles. The van der Waals surface area contributed by atoms with Gasteiger partial charge in [0.25, 0.3) is 0 Å². The first kappa shape index (κ1) is 18.1. The lowest BCUT2D eigenvalue weighted by Crippen LogP contribution is -2.29. The molecule has 0 radical (unpaired) electrons. The molecular weight excluding hydrogens is 374 g/mol. The number of piperidine rings is 1. The van der Waals surface area contributed by atoms with Gasteiger partial charge >= 0.3 is 0 Å². The summed E-state index contributed by atoms with van der Waals surface area (Å²) >= 11 is 1.49. The van der Waals surface area contributed by atoms with Crippen molar-refractivity contribution in [1.82, 2.24) is 19.7 Å². The van der Waals surface area contributed by atoms with Crippen LogP contribution in [0.15, 0.2) is 40.8 Å². The van der Waals surface area contributed by atoms with Gasteiger partial charge in [-0.25, -0.2) is 9.97 Å². The van der Waals surface area contributed by atoms with Crippen LogP contribution in [0.25, 0.3) is 5.82 Å². The molecule has 0 saturated carbocycles. The molecule has 0 aromatic carbocycles. The van der Waals surface area contributed by atoms with Gasteiger partial charge in [0.2, 0.25) is 0 Å². The van der Waals surface area contributed by atoms with Crippen molar-refractivity contribution in [3.05, 3.63) is 36.2 Å². The molecule has 0 atom stereocenters. The fourth-order valence-electron chi connectivity index (χ4n) is 3.01. The Balaban J connectivity index is 1.67. The molecule has 1 aliphatic heterocycles. The lowest BCUT2D eigenvalue weighted by Gasteiger charge is -2.25. The van der Waals surface area contributed by atoms with Crippen molar-refractivity contribution in [1.29, 1.82) is 5.26 Å². The SMILES string of the molecule is CNc1nc(N2CCCCC2)sc1/N=N/c1c(C#N)cnn1-c1ccccn1. The van der Waals surface area contributed by atoms with Crippen LogP contribution in [0.2, 0.25) is 0 Å². The first-order valence-electron chi connectivity index (χ1n) is 9.05. The van der Waals surface area contributed by atoms with Crippen LogP contribution in [-0.4, -0.2) is 39.9 Å². The van der Waals surface area contributed by atoms with E-state index in [0.717, 1.165) is 18.2 Å². The minimum Gasteiger partial charge on any atom is -0.370 e. The van der Waals surface area contributed by atoms with Gasteiger partial charge < -0.3 is 10.2 Å². The average Bonchev–Trinajstić information content (AvgIpc) is 3.37. The predicted octanol–water partition coefficient (Wildman–Crippen LogP) is 4.04. The highest BCUT2D eigenvalue weighted by Gasteiger charge is 2.19. The normalized spacial score (nSPS) is 14.4. The molecule has 1 aliphatic rings. The molecule has 3 aromatic heterocycles. The first-order valence-corrected chi connectivity index (χ1v) is 9.86. The Morgan fingerprint density at radius 3 is 2.79 bits per heavy atom. The van der Waals surface area contributed by atoms with E-state index >= 15 is 0 Å². The third-order valence-corrected chi connectivity index (χ3v) is 5.43. The lowest BCUT2D eigenvalue weighted by molar-refractivity contribution is 0.577. The highest BCUT2D eigenvalue weighted by Crippen LogP contribution is 2.39. The maximum absolute atomic E-state index is 9.40. The molecule has 28 heavy (non-hydrogen) atoms. The summed E-state index contributed by atoms with van der Waals surface area (Å²) in [5.74, 6) is 1.60. The molecule has 10 heteroatoms. The fourth-order valence-corrected chi connectivity index (χ4v) is 3.96.